The van der Waals surface area contributed by atoms with Gasteiger partial charge in [0.2, 0.25) is 0 Å². The van der Waals surface area contributed by atoms with Crippen molar-refractivity contribution in [3.63, 3.8) is 0 Å². The normalized spacial score (nSPS) is 23.0. The van der Waals surface area contributed by atoms with Crippen LogP contribution in [0.3, 0.4) is 0 Å². The van der Waals surface area contributed by atoms with Gasteiger partial charge in [-0.25, -0.2) is 18.2 Å². The third-order valence-electron chi connectivity index (χ3n) is 4.92. The number of hydrogen-bond donors (Lipinski definition) is 1. The Labute approximate surface area is 157 Å². The van der Waals surface area contributed by atoms with Gasteiger partial charge in [-0.15, -0.1) is 0 Å². The molecule has 2 saturated heterocycles. The first-order chi connectivity index (χ1) is 12.9. The number of anilines is 1. The van der Waals surface area contributed by atoms with Gasteiger partial charge in [0.1, 0.15) is 23.5 Å². The number of ether oxygens (including phenoxy) is 1. The van der Waals surface area contributed by atoms with Gasteiger partial charge in [0.25, 0.3) is 0 Å². The maximum atomic E-state index is 12.7. The molecule has 0 unspecified atom stereocenters. The number of hydrogen-bond acceptors (Lipinski definition) is 6. The fourth-order valence-corrected chi connectivity index (χ4v) is 5.39. The van der Waals surface area contributed by atoms with Crippen LogP contribution in [-0.4, -0.2) is 70.4 Å². The van der Waals surface area contributed by atoms with Crippen molar-refractivity contribution in [3.05, 3.63) is 42.5 Å². The lowest BCUT2D eigenvalue weighted by atomic mass is 9.96. The molecule has 1 aromatic carbocycles. The summed E-state index contributed by atoms with van der Waals surface area (Å²) >= 11 is 0. The van der Waals surface area contributed by atoms with E-state index in [1.165, 1.54) is 17.3 Å². The lowest BCUT2D eigenvalue weighted by Crippen LogP contribution is -2.71. The van der Waals surface area contributed by atoms with Crippen LogP contribution in [0.1, 0.15) is 5.56 Å². The van der Waals surface area contributed by atoms with Crippen LogP contribution >= 0.6 is 0 Å². The Morgan fingerprint density at radius 3 is 2.89 bits per heavy atom. The van der Waals surface area contributed by atoms with E-state index in [9.17, 15) is 13.2 Å². The molecule has 1 atom stereocenters. The Kier molecular flexibility index (Phi) is 4.39. The smallest absolute Gasteiger partial charge is 0.322 e. The molecule has 4 rings (SSSR count). The van der Waals surface area contributed by atoms with Crippen LogP contribution in [0, 0.1) is 6.92 Å². The number of carbonyl (C=O) groups is 1. The molecular weight excluding hydrogens is 370 g/mol. The van der Waals surface area contributed by atoms with Crippen molar-refractivity contribution in [2.24, 2.45) is 0 Å². The van der Waals surface area contributed by atoms with Crippen molar-refractivity contribution in [1.82, 2.24) is 19.7 Å². The van der Waals surface area contributed by atoms with E-state index in [-0.39, 0.29) is 38.0 Å². The summed E-state index contributed by atoms with van der Waals surface area (Å²) in [6, 6.07) is 7.26. The van der Waals surface area contributed by atoms with E-state index < -0.39 is 20.7 Å². The molecule has 27 heavy (non-hydrogen) atoms. The lowest BCUT2D eigenvalue weighted by molar-refractivity contribution is -0.117. The second-order valence-electron chi connectivity index (χ2n) is 7.20. The van der Waals surface area contributed by atoms with Crippen molar-refractivity contribution in [1.29, 1.82) is 0 Å². The minimum Gasteiger partial charge on any atom is -0.369 e. The Balaban J connectivity index is 1.35. The number of nitrogens with one attached hydrogen (secondary N) is 1. The molecule has 2 aromatic rings. The molecule has 2 fully saturated rings. The summed E-state index contributed by atoms with van der Waals surface area (Å²) in [6.07, 6.45) is 2.86. The standard InChI is InChI=1S/C17H21N5O4S/c1-13-3-2-4-14(5-13)20-16(23)21-8-17(9-21)10-27(24,25)15(7-26-17)6-22-12-18-11-19-22/h2-5,11-12,15H,6-10H2,1H3,(H,20,23)/t15-/m0/s1. The van der Waals surface area contributed by atoms with Crippen molar-refractivity contribution >= 4 is 21.6 Å². The average molecular weight is 391 g/mol. The molecule has 3 heterocycles. The number of amides is 2. The van der Waals surface area contributed by atoms with Crippen molar-refractivity contribution < 1.29 is 17.9 Å². The first-order valence-corrected chi connectivity index (χ1v) is 10.4. The highest BCUT2D eigenvalue weighted by Gasteiger charge is 2.53. The largest absolute Gasteiger partial charge is 0.369 e. The van der Waals surface area contributed by atoms with Crippen molar-refractivity contribution in [2.75, 3.05) is 30.8 Å². The molecule has 2 aliphatic heterocycles. The minimum absolute atomic E-state index is 0.0897. The maximum absolute atomic E-state index is 12.7. The zero-order chi connectivity index (χ0) is 19.1. The Morgan fingerprint density at radius 1 is 1.41 bits per heavy atom. The number of benzene rings is 1. The van der Waals surface area contributed by atoms with Gasteiger partial charge in [-0.3, -0.25) is 4.68 Å². The van der Waals surface area contributed by atoms with E-state index in [1.807, 2.05) is 31.2 Å². The van der Waals surface area contributed by atoms with Crippen LogP contribution < -0.4 is 5.32 Å². The monoisotopic (exact) mass is 391 g/mol. The molecule has 1 spiro atoms. The number of likely N-dealkylation sites (tertiary alicyclic amines) is 1. The molecule has 0 bridgehead atoms. The van der Waals surface area contributed by atoms with Gasteiger partial charge in [0.15, 0.2) is 9.84 Å². The van der Waals surface area contributed by atoms with Gasteiger partial charge >= 0.3 is 6.03 Å². The summed E-state index contributed by atoms with van der Waals surface area (Å²) in [7, 11) is -3.35. The van der Waals surface area contributed by atoms with Gasteiger partial charge in [-0.1, -0.05) is 12.1 Å². The van der Waals surface area contributed by atoms with E-state index in [1.54, 1.807) is 4.90 Å². The summed E-state index contributed by atoms with van der Waals surface area (Å²) in [5, 5.41) is 6.13. The number of sulfone groups is 1. The van der Waals surface area contributed by atoms with Gasteiger partial charge in [0.05, 0.1) is 32.0 Å². The van der Waals surface area contributed by atoms with Crippen LogP contribution in [-0.2, 0) is 21.1 Å². The fourth-order valence-electron chi connectivity index (χ4n) is 3.50. The number of nitrogens with zero attached hydrogens (tertiary/aromatic N) is 4. The predicted molar refractivity (Wildman–Crippen MR) is 98.1 cm³/mol. The van der Waals surface area contributed by atoms with E-state index in [0.717, 1.165) is 5.56 Å². The number of carbonyl (C=O) groups excluding carboxylic acids is 1. The summed E-state index contributed by atoms with van der Waals surface area (Å²) in [5.41, 5.74) is 0.959. The van der Waals surface area contributed by atoms with E-state index >= 15 is 0 Å². The summed E-state index contributed by atoms with van der Waals surface area (Å²) in [4.78, 5) is 17.8. The molecular formula is C17H21N5O4S. The third-order valence-corrected chi connectivity index (χ3v) is 7.15. The van der Waals surface area contributed by atoms with E-state index in [2.05, 4.69) is 15.4 Å². The lowest BCUT2D eigenvalue weighted by Gasteiger charge is -2.51. The molecule has 0 radical (unpaired) electrons. The van der Waals surface area contributed by atoms with E-state index in [4.69, 9.17) is 4.74 Å². The molecule has 10 heteroatoms. The van der Waals surface area contributed by atoms with Crippen LogP contribution in [0.25, 0.3) is 0 Å². The minimum atomic E-state index is -3.35. The third kappa shape index (κ3) is 3.67. The zero-order valence-corrected chi connectivity index (χ0v) is 15.7. The summed E-state index contributed by atoms with van der Waals surface area (Å²) in [6.45, 7) is 2.79. The average Bonchev–Trinajstić information content (AvgIpc) is 3.07. The highest BCUT2D eigenvalue weighted by atomic mass is 32.2. The maximum Gasteiger partial charge on any atom is 0.322 e. The van der Waals surface area contributed by atoms with Crippen molar-refractivity contribution in [3.8, 4) is 0 Å². The molecule has 0 aliphatic carbocycles. The number of aromatic nitrogens is 3. The molecule has 2 amide bonds. The van der Waals surface area contributed by atoms with Crippen LogP contribution in [0.5, 0.6) is 0 Å². The van der Waals surface area contributed by atoms with Crippen LogP contribution in [0.2, 0.25) is 0 Å². The number of aryl methyl sites for hydroxylation is 1. The van der Waals surface area contributed by atoms with Gasteiger partial charge < -0.3 is 15.0 Å². The molecule has 1 aromatic heterocycles. The second kappa shape index (κ2) is 6.61. The quantitative estimate of drug-likeness (QED) is 0.825. The second-order valence-corrected chi connectivity index (χ2v) is 9.48. The summed E-state index contributed by atoms with van der Waals surface area (Å²) in [5.74, 6) is -0.0897. The topological polar surface area (TPSA) is 106 Å². The Hall–Kier alpha value is -2.46. The predicted octanol–water partition coefficient (Wildman–Crippen LogP) is 0.687. The Bertz CT molecular complexity index is 938. The first kappa shape index (κ1) is 17.9. The number of rotatable bonds is 3. The van der Waals surface area contributed by atoms with Crippen LogP contribution in [0.15, 0.2) is 36.9 Å². The molecule has 1 N–H and O–H groups in total. The molecule has 2 aliphatic rings. The fraction of sp³-hybridized carbons (Fsp3) is 0.471. The van der Waals surface area contributed by atoms with Gasteiger partial charge in [-0.05, 0) is 24.6 Å². The molecule has 0 saturated carbocycles. The molecule has 144 valence electrons. The summed E-state index contributed by atoms with van der Waals surface area (Å²) < 4.78 is 32.7. The van der Waals surface area contributed by atoms with E-state index in [0.29, 0.717) is 5.69 Å². The van der Waals surface area contributed by atoms with Gasteiger partial charge in [0, 0.05) is 5.69 Å². The highest BCUT2D eigenvalue weighted by molar-refractivity contribution is 7.92. The molecule has 9 nitrogen and oxygen atoms in total. The van der Waals surface area contributed by atoms with Crippen molar-refractivity contribution in [2.45, 2.75) is 24.3 Å². The SMILES string of the molecule is Cc1cccc(NC(=O)N2CC3(C2)CS(=O)(=O)[C@@H](Cn2cncn2)CO3)c1. The number of urea groups is 1. The first-order valence-electron chi connectivity index (χ1n) is 8.66. The Morgan fingerprint density at radius 2 is 2.22 bits per heavy atom. The zero-order valence-electron chi connectivity index (χ0n) is 14.9. The highest BCUT2D eigenvalue weighted by Crippen LogP contribution is 2.33. The van der Waals surface area contributed by atoms with Gasteiger partial charge in [-0.2, -0.15) is 5.10 Å². The van der Waals surface area contributed by atoms with Crippen LogP contribution in [0.4, 0.5) is 10.5 Å².